The van der Waals surface area contributed by atoms with Crippen molar-refractivity contribution in [3.63, 3.8) is 0 Å². The summed E-state index contributed by atoms with van der Waals surface area (Å²) in [6.07, 6.45) is 2.02. The van der Waals surface area contributed by atoms with E-state index in [-0.39, 0.29) is 0 Å². The molecule has 0 radical (unpaired) electrons. The summed E-state index contributed by atoms with van der Waals surface area (Å²) in [6, 6.07) is 24.7. The number of nitrogens with two attached hydrogens (primary N) is 2. The van der Waals surface area contributed by atoms with Gasteiger partial charge in [0.05, 0.1) is 5.41 Å². The Morgan fingerprint density at radius 3 is 1.76 bits per heavy atom. The Hall–Kier alpha value is -3.98. The highest BCUT2D eigenvalue weighted by Gasteiger charge is 2.46. The monoisotopic (exact) mass is 443 g/mol. The minimum atomic E-state index is -0.475. The fourth-order valence-corrected chi connectivity index (χ4v) is 5.99. The minimum absolute atomic E-state index is 0.475. The van der Waals surface area contributed by atoms with Crippen molar-refractivity contribution in [3.8, 4) is 11.1 Å². The maximum atomic E-state index is 6.43. The Labute approximate surface area is 200 Å². The van der Waals surface area contributed by atoms with Gasteiger partial charge >= 0.3 is 0 Å². The molecule has 1 aliphatic carbocycles. The zero-order valence-electron chi connectivity index (χ0n) is 20.1. The van der Waals surface area contributed by atoms with Crippen LogP contribution in [0.15, 0.2) is 72.9 Å². The van der Waals surface area contributed by atoms with Crippen LogP contribution < -0.4 is 11.5 Å². The van der Waals surface area contributed by atoms with Gasteiger partial charge in [-0.15, -0.1) is 0 Å². The van der Waals surface area contributed by atoms with E-state index in [0.717, 1.165) is 39.1 Å². The summed E-state index contributed by atoms with van der Waals surface area (Å²) in [6.45, 7) is 8.42. The van der Waals surface area contributed by atoms with Gasteiger partial charge in [0, 0.05) is 23.1 Å². The number of rotatable bonds is 2. The number of nitrogens with one attached hydrogen (secondary N) is 1. The number of anilines is 2. The van der Waals surface area contributed by atoms with Gasteiger partial charge in [0.25, 0.3) is 0 Å². The molecule has 1 heterocycles. The summed E-state index contributed by atoms with van der Waals surface area (Å²) in [5, 5.41) is 1.22. The summed E-state index contributed by atoms with van der Waals surface area (Å²) < 4.78 is 0. The molecule has 5 aromatic rings. The maximum Gasteiger partial charge on any atom is 0.0714 e. The number of benzene rings is 4. The normalized spacial score (nSPS) is 13.8. The molecule has 6 rings (SSSR count). The fraction of sp³-hybridized carbons (Fsp3) is 0.161. The third-order valence-electron chi connectivity index (χ3n) is 7.77. The van der Waals surface area contributed by atoms with Crippen molar-refractivity contribution in [2.24, 2.45) is 0 Å². The van der Waals surface area contributed by atoms with E-state index in [0.29, 0.717) is 0 Å². The molecule has 3 nitrogen and oxygen atoms in total. The molecule has 0 atom stereocenters. The number of hydrogen-bond acceptors (Lipinski definition) is 2. The van der Waals surface area contributed by atoms with Gasteiger partial charge in [-0.25, -0.2) is 0 Å². The molecule has 0 amide bonds. The summed E-state index contributed by atoms with van der Waals surface area (Å²) >= 11 is 0. The van der Waals surface area contributed by atoms with E-state index in [1.807, 2.05) is 6.20 Å². The molecule has 3 heteroatoms. The maximum absolute atomic E-state index is 6.43. The molecule has 0 saturated heterocycles. The number of aromatic nitrogens is 1. The lowest BCUT2D eigenvalue weighted by Gasteiger charge is -2.35. The van der Waals surface area contributed by atoms with E-state index in [1.165, 1.54) is 38.8 Å². The SMILES string of the molecule is Cc1cc(C2(c3cc(C)c(N)c(C)c3)c3ccccc3-c3cc4cc[nH]c4cc32)cc(C)c1N. The highest BCUT2D eigenvalue weighted by Crippen LogP contribution is 2.57. The first-order valence-corrected chi connectivity index (χ1v) is 11.8. The van der Waals surface area contributed by atoms with Crippen molar-refractivity contribution in [1.29, 1.82) is 0 Å². The van der Waals surface area contributed by atoms with Crippen molar-refractivity contribution in [2.75, 3.05) is 11.5 Å². The van der Waals surface area contributed by atoms with E-state index < -0.39 is 5.41 Å². The van der Waals surface area contributed by atoms with Gasteiger partial charge < -0.3 is 16.5 Å². The van der Waals surface area contributed by atoms with Crippen LogP contribution in [0.1, 0.15) is 44.5 Å². The lowest BCUT2D eigenvalue weighted by molar-refractivity contribution is 0.765. The Morgan fingerprint density at radius 1 is 0.618 bits per heavy atom. The number of fused-ring (bicyclic) bond motifs is 4. The molecule has 0 unspecified atom stereocenters. The van der Waals surface area contributed by atoms with Gasteiger partial charge in [-0.2, -0.15) is 0 Å². The van der Waals surface area contributed by atoms with Gasteiger partial charge in [0.1, 0.15) is 0 Å². The average Bonchev–Trinajstić information content (AvgIpc) is 3.39. The van der Waals surface area contributed by atoms with E-state index >= 15 is 0 Å². The minimum Gasteiger partial charge on any atom is -0.398 e. The van der Waals surface area contributed by atoms with Gasteiger partial charge in [0.2, 0.25) is 0 Å². The van der Waals surface area contributed by atoms with Crippen LogP contribution in [0.5, 0.6) is 0 Å². The Kier molecular flexibility index (Phi) is 4.25. The van der Waals surface area contributed by atoms with Crippen LogP contribution >= 0.6 is 0 Å². The average molecular weight is 444 g/mol. The van der Waals surface area contributed by atoms with E-state index in [2.05, 4.69) is 99.4 Å². The van der Waals surface area contributed by atoms with Crippen LogP contribution in [-0.4, -0.2) is 4.98 Å². The Balaban J connectivity index is 1.85. The van der Waals surface area contributed by atoms with Crippen LogP contribution in [0.2, 0.25) is 0 Å². The Morgan fingerprint density at radius 2 is 1.18 bits per heavy atom. The first-order valence-electron chi connectivity index (χ1n) is 11.8. The van der Waals surface area contributed by atoms with Crippen molar-refractivity contribution in [1.82, 2.24) is 4.98 Å². The molecule has 0 saturated carbocycles. The van der Waals surface area contributed by atoms with Gasteiger partial charge in [-0.1, -0.05) is 48.5 Å². The van der Waals surface area contributed by atoms with Gasteiger partial charge in [-0.3, -0.25) is 0 Å². The van der Waals surface area contributed by atoms with Crippen LogP contribution in [0.4, 0.5) is 11.4 Å². The fourth-order valence-electron chi connectivity index (χ4n) is 5.99. The lowest BCUT2D eigenvalue weighted by atomic mass is 9.66. The molecule has 5 N–H and O–H groups in total. The predicted molar refractivity (Wildman–Crippen MR) is 143 cm³/mol. The second kappa shape index (κ2) is 7.01. The second-order valence-corrected chi connectivity index (χ2v) is 9.81. The van der Waals surface area contributed by atoms with Gasteiger partial charge in [-0.05, 0) is 107 Å². The highest BCUT2D eigenvalue weighted by molar-refractivity contribution is 5.95. The van der Waals surface area contributed by atoms with Crippen LogP contribution in [0, 0.1) is 27.7 Å². The zero-order valence-corrected chi connectivity index (χ0v) is 20.1. The molecule has 0 spiro atoms. The molecular weight excluding hydrogens is 414 g/mol. The van der Waals surface area contributed by atoms with Crippen LogP contribution in [0.25, 0.3) is 22.0 Å². The molecule has 1 aliphatic rings. The largest absolute Gasteiger partial charge is 0.398 e. The van der Waals surface area contributed by atoms with Crippen LogP contribution in [-0.2, 0) is 5.41 Å². The molecule has 0 aliphatic heterocycles. The third kappa shape index (κ3) is 2.58. The summed E-state index contributed by atoms with van der Waals surface area (Å²) in [7, 11) is 0. The smallest absolute Gasteiger partial charge is 0.0714 e. The predicted octanol–water partition coefficient (Wildman–Crippen LogP) is 6.93. The van der Waals surface area contributed by atoms with Gasteiger partial charge in [0.15, 0.2) is 0 Å². The number of nitrogen functional groups attached to an aromatic ring is 2. The molecule has 168 valence electrons. The first kappa shape index (κ1) is 20.6. The molecule has 0 bridgehead atoms. The topological polar surface area (TPSA) is 67.8 Å². The van der Waals surface area contributed by atoms with Crippen molar-refractivity contribution >= 4 is 22.3 Å². The second-order valence-electron chi connectivity index (χ2n) is 9.81. The summed E-state index contributed by atoms with van der Waals surface area (Å²) in [4.78, 5) is 3.44. The zero-order chi connectivity index (χ0) is 23.8. The van der Waals surface area contributed by atoms with E-state index in [9.17, 15) is 0 Å². The summed E-state index contributed by atoms with van der Waals surface area (Å²) in [5.41, 5.74) is 27.3. The van der Waals surface area contributed by atoms with Crippen molar-refractivity contribution in [3.05, 3.63) is 117 Å². The standard InChI is InChI=1S/C31H29N3/c1-17-11-22(12-18(2)29(17)32)31(23-13-19(3)30(33)20(4)14-23)26-8-6-5-7-24(26)25-15-21-9-10-34-28(21)16-27(25)31/h5-16,34H,32-33H2,1-4H3. The number of H-pyrrole nitrogens is 1. The number of hydrogen-bond donors (Lipinski definition) is 3. The van der Waals surface area contributed by atoms with Crippen LogP contribution in [0.3, 0.4) is 0 Å². The van der Waals surface area contributed by atoms with Crippen molar-refractivity contribution < 1.29 is 0 Å². The molecule has 1 aromatic heterocycles. The Bertz CT molecular complexity index is 1520. The summed E-state index contributed by atoms with van der Waals surface area (Å²) in [5.74, 6) is 0. The quantitative estimate of drug-likeness (QED) is 0.254. The highest BCUT2D eigenvalue weighted by atomic mass is 14.7. The molecule has 4 aromatic carbocycles. The van der Waals surface area contributed by atoms with Crippen molar-refractivity contribution in [2.45, 2.75) is 33.1 Å². The van der Waals surface area contributed by atoms with E-state index in [1.54, 1.807) is 0 Å². The molecular formula is C31H29N3. The number of aromatic amines is 1. The third-order valence-corrected chi connectivity index (χ3v) is 7.77. The van der Waals surface area contributed by atoms with E-state index in [4.69, 9.17) is 11.5 Å². The lowest BCUT2D eigenvalue weighted by Crippen LogP contribution is -2.29. The number of aryl methyl sites for hydroxylation is 4. The molecule has 34 heavy (non-hydrogen) atoms. The first-order chi connectivity index (χ1) is 16.3. The molecule has 0 fully saturated rings.